The van der Waals surface area contributed by atoms with Crippen LogP contribution in [0.5, 0.6) is 5.75 Å². The summed E-state index contributed by atoms with van der Waals surface area (Å²) in [6.07, 6.45) is 1.78. The summed E-state index contributed by atoms with van der Waals surface area (Å²) in [5.41, 5.74) is 3.43. The quantitative estimate of drug-likeness (QED) is 0.536. The van der Waals surface area contributed by atoms with Crippen molar-refractivity contribution in [3.63, 3.8) is 0 Å². The van der Waals surface area contributed by atoms with Gasteiger partial charge in [0.05, 0.1) is 12.3 Å². The van der Waals surface area contributed by atoms with Crippen LogP contribution in [-0.2, 0) is 6.42 Å². The van der Waals surface area contributed by atoms with Crippen molar-refractivity contribution in [1.29, 1.82) is 0 Å². The fourth-order valence-electron chi connectivity index (χ4n) is 1.96. The zero-order valence-corrected chi connectivity index (χ0v) is 12.4. The fourth-order valence-corrected chi connectivity index (χ4v) is 1.96. The summed E-state index contributed by atoms with van der Waals surface area (Å²) in [5, 5.41) is 3.26. The second-order valence-electron chi connectivity index (χ2n) is 4.50. The zero-order chi connectivity index (χ0) is 15.1. The predicted molar refractivity (Wildman–Crippen MR) is 84.7 cm³/mol. The largest absolute Gasteiger partial charge is 0.492 e. The second kappa shape index (κ2) is 7.44. The van der Waals surface area contributed by atoms with Crippen LogP contribution in [0.4, 0.5) is 17.3 Å². The van der Waals surface area contributed by atoms with Gasteiger partial charge in [-0.25, -0.2) is 15.8 Å². The van der Waals surface area contributed by atoms with E-state index in [1.807, 2.05) is 31.2 Å². The van der Waals surface area contributed by atoms with E-state index < -0.39 is 0 Å². The van der Waals surface area contributed by atoms with E-state index in [1.165, 1.54) is 0 Å². The number of hydrogen-bond acceptors (Lipinski definition) is 6. The Balaban J connectivity index is 2.28. The standard InChI is InChI=1S/C15H21N5O/c1-3-7-13-18-14(10-15(19-13)20-16)17-11-8-5-6-9-12(11)21-4-2/h5-6,8-10H,3-4,7,16H2,1-2H3,(H2,17,18,19,20). The van der Waals surface area contributed by atoms with E-state index in [-0.39, 0.29) is 0 Å². The first kappa shape index (κ1) is 15.1. The Kier molecular flexibility index (Phi) is 5.34. The molecule has 0 saturated heterocycles. The molecule has 0 bridgehead atoms. The summed E-state index contributed by atoms with van der Waals surface area (Å²) in [5.74, 6) is 8.28. The third-order valence-electron chi connectivity index (χ3n) is 2.84. The zero-order valence-electron chi connectivity index (χ0n) is 12.4. The summed E-state index contributed by atoms with van der Waals surface area (Å²) < 4.78 is 5.60. The Labute approximate surface area is 124 Å². The number of hydrazine groups is 1. The molecule has 0 aliphatic heterocycles. The maximum Gasteiger partial charge on any atom is 0.145 e. The highest BCUT2D eigenvalue weighted by Crippen LogP contribution is 2.27. The smallest absolute Gasteiger partial charge is 0.145 e. The topological polar surface area (TPSA) is 85.1 Å². The molecule has 1 heterocycles. The highest BCUT2D eigenvalue weighted by Gasteiger charge is 2.07. The van der Waals surface area contributed by atoms with Crippen LogP contribution in [-0.4, -0.2) is 16.6 Å². The van der Waals surface area contributed by atoms with Gasteiger partial charge in [0, 0.05) is 12.5 Å². The van der Waals surface area contributed by atoms with E-state index >= 15 is 0 Å². The average molecular weight is 287 g/mol. The van der Waals surface area contributed by atoms with E-state index in [0.717, 1.165) is 30.1 Å². The number of hydrogen-bond donors (Lipinski definition) is 3. The number of benzene rings is 1. The van der Waals surface area contributed by atoms with Crippen molar-refractivity contribution in [2.24, 2.45) is 5.84 Å². The SMILES string of the molecule is CCCc1nc(NN)cc(Nc2ccccc2OCC)n1. The van der Waals surface area contributed by atoms with Crippen molar-refractivity contribution in [3.8, 4) is 5.75 Å². The summed E-state index contributed by atoms with van der Waals surface area (Å²) in [6.45, 7) is 4.65. The number of anilines is 3. The molecule has 0 radical (unpaired) electrons. The number of aryl methyl sites for hydroxylation is 1. The Morgan fingerprint density at radius 1 is 1.14 bits per heavy atom. The number of rotatable bonds is 7. The van der Waals surface area contributed by atoms with Gasteiger partial charge in [-0.15, -0.1) is 0 Å². The first-order chi connectivity index (χ1) is 10.3. The van der Waals surface area contributed by atoms with Gasteiger partial charge in [-0.3, -0.25) is 0 Å². The van der Waals surface area contributed by atoms with Crippen molar-refractivity contribution in [3.05, 3.63) is 36.2 Å². The van der Waals surface area contributed by atoms with Crippen LogP contribution < -0.4 is 21.3 Å². The lowest BCUT2D eigenvalue weighted by atomic mass is 10.3. The van der Waals surface area contributed by atoms with Crippen molar-refractivity contribution < 1.29 is 4.74 Å². The van der Waals surface area contributed by atoms with Crippen LogP contribution in [0.15, 0.2) is 30.3 Å². The third-order valence-corrected chi connectivity index (χ3v) is 2.84. The normalized spacial score (nSPS) is 10.2. The lowest BCUT2D eigenvalue weighted by Gasteiger charge is -2.13. The second-order valence-corrected chi connectivity index (χ2v) is 4.50. The number of para-hydroxylation sites is 2. The lowest BCUT2D eigenvalue weighted by Crippen LogP contribution is -2.11. The number of nitrogens with two attached hydrogens (primary N) is 1. The maximum absolute atomic E-state index is 5.60. The van der Waals surface area contributed by atoms with Crippen LogP contribution in [0.25, 0.3) is 0 Å². The highest BCUT2D eigenvalue weighted by atomic mass is 16.5. The molecule has 21 heavy (non-hydrogen) atoms. The van der Waals surface area contributed by atoms with Gasteiger partial charge in [0.1, 0.15) is 23.2 Å². The van der Waals surface area contributed by atoms with E-state index in [1.54, 1.807) is 6.07 Å². The molecule has 0 fully saturated rings. The number of nitrogens with zero attached hydrogens (tertiary/aromatic N) is 2. The first-order valence-corrected chi connectivity index (χ1v) is 7.10. The number of aromatic nitrogens is 2. The molecule has 2 aromatic rings. The van der Waals surface area contributed by atoms with Crippen molar-refractivity contribution in [2.75, 3.05) is 17.3 Å². The van der Waals surface area contributed by atoms with Gasteiger partial charge in [-0.1, -0.05) is 19.1 Å². The Morgan fingerprint density at radius 2 is 1.90 bits per heavy atom. The molecule has 6 nitrogen and oxygen atoms in total. The molecule has 2 rings (SSSR count). The minimum Gasteiger partial charge on any atom is -0.492 e. The Morgan fingerprint density at radius 3 is 2.62 bits per heavy atom. The molecule has 0 aliphatic rings. The van der Waals surface area contributed by atoms with Gasteiger partial charge in [-0.2, -0.15) is 0 Å². The number of nitrogen functional groups attached to an aromatic ring is 1. The molecule has 0 atom stereocenters. The molecule has 112 valence electrons. The molecule has 4 N–H and O–H groups in total. The molecular weight excluding hydrogens is 266 g/mol. The molecular formula is C15H21N5O. The summed E-state index contributed by atoms with van der Waals surface area (Å²) >= 11 is 0. The molecule has 1 aromatic carbocycles. The van der Waals surface area contributed by atoms with Crippen LogP contribution in [0.1, 0.15) is 26.1 Å². The molecule has 0 spiro atoms. The van der Waals surface area contributed by atoms with Crippen molar-refractivity contribution >= 4 is 17.3 Å². The van der Waals surface area contributed by atoms with Crippen molar-refractivity contribution in [2.45, 2.75) is 26.7 Å². The van der Waals surface area contributed by atoms with E-state index in [4.69, 9.17) is 10.6 Å². The first-order valence-electron chi connectivity index (χ1n) is 7.10. The summed E-state index contributed by atoms with van der Waals surface area (Å²) in [6, 6.07) is 9.51. The third kappa shape index (κ3) is 4.06. The Hall–Kier alpha value is -2.34. The van der Waals surface area contributed by atoms with Gasteiger partial charge in [0.2, 0.25) is 0 Å². The number of ether oxygens (including phenoxy) is 1. The number of nitrogens with one attached hydrogen (secondary N) is 2. The van der Waals surface area contributed by atoms with Gasteiger partial charge in [-0.05, 0) is 25.5 Å². The minimum atomic E-state index is 0.588. The van der Waals surface area contributed by atoms with Crippen LogP contribution in [0.3, 0.4) is 0 Å². The lowest BCUT2D eigenvalue weighted by molar-refractivity contribution is 0.342. The van der Waals surface area contributed by atoms with Crippen LogP contribution in [0, 0.1) is 0 Å². The molecule has 1 aromatic heterocycles. The monoisotopic (exact) mass is 287 g/mol. The fraction of sp³-hybridized carbons (Fsp3) is 0.333. The highest BCUT2D eigenvalue weighted by molar-refractivity contribution is 5.65. The van der Waals surface area contributed by atoms with Gasteiger partial charge in [0.25, 0.3) is 0 Å². The van der Waals surface area contributed by atoms with Gasteiger partial charge in [0.15, 0.2) is 0 Å². The Bertz CT molecular complexity index is 588. The van der Waals surface area contributed by atoms with Crippen LogP contribution >= 0.6 is 0 Å². The molecule has 6 heteroatoms. The summed E-state index contributed by atoms with van der Waals surface area (Å²) in [7, 11) is 0. The molecule has 0 unspecified atom stereocenters. The van der Waals surface area contributed by atoms with Crippen molar-refractivity contribution in [1.82, 2.24) is 9.97 Å². The predicted octanol–water partition coefficient (Wildman–Crippen LogP) is 2.86. The molecule has 0 saturated carbocycles. The molecule has 0 aliphatic carbocycles. The van der Waals surface area contributed by atoms with Gasteiger partial charge >= 0.3 is 0 Å². The molecule has 0 amide bonds. The van der Waals surface area contributed by atoms with Crippen LogP contribution in [0.2, 0.25) is 0 Å². The minimum absolute atomic E-state index is 0.588. The van der Waals surface area contributed by atoms with E-state index in [2.05, 4.69) is 27.6 Å². The van der Waals surface area contributed by atoms with E-state index in [0.29, 0.717) is 18.2 Å². The van der Waals surface area contributed by atoms with E-state index in [9.17, 15) is 0 Å². The maximum atomic E-state index is 5.60. The van der Waals surface area contributed by atoms with Gasteiger partial charge < -0.3 is 15.5 Å². The average Bonchev–Trinajstić information content (AvgIpc) is 2.49. The summed E-state index contributed by atoms with van der Waals surface area (Å²) in [4.78, 5) is 8.82.